The van der Waals surface area contributed by atoms with Crippen molar-refractivity contribution in [1.82, 2.24) is 25.0 Å². The number of benzene rings is 2. The molecule has 28 heavy (non-hydrogen) atoms. The van der Waals surface area contributed by atoms with Crippen molar-refractivity contribution < 1.29 is 0 Å². The Kier molecular flexibility index (Phi) is 4.30. The van der Waals surface area contributed by atoms with E-state index in [1.807, 2.05) is 36.4 Å². The maximum atomic E-state index is 13.0. The molecular weight excluding hydrogens is 350 g/mol. The van der Waals surface area contributed by atoms with Crippen LogP contribution in [0.3, 0.4) is 0 Å². The molecule has 6 nitrogen and oxygen atoms in total. The van der Waals surface area contributed by atoms with Gasteiger partial charge in [-0.05, 0) is 25.1 Å². The molecule has 2 aromatic carbocycles. The van der Waals surface area contributed by atoms with Crippen LogP contribution < -0.4 is 5.56 Å². The highest BCUT2D eigenvalue weighted by atomic mass is 16.1. The Labute approximate surface area is 162 Å². The molecule has 0 saturated carbocycles. The number of piperazine rings is 1. The smallest absolute Gasteiger partial charge is 0.256 e. The van der Waals surface area contributed by atoms with Gasteiger partial charge in [-0.25, -0.2) is 0 Å². The van der Waals surface area contributed by atoms with Crippen molar-refractivity contribution in [3.05, 3.63) is 58.4 Å². The van der Waals surface area contributed by atoms with Gasteiger partial charge in [0.25, 0.3) is 5.56 Å². The molecule has 3 heterocycles. The van der Waals surface area contributed by atoms with Crippen LogP contribution in [0.15, 0.2) is 47.3 Å². The molecule has 1 N–H and O–H groups in total. The van der Waals surface area contributed by atoms with Gasteiger partial charge in [-0.1, -0.05) is 36.4 Å². The van der Waals surface area contributed by atoms with Gasteiger partial charge in [-0.15, -0.1) is 10.2 Å². The molecule has 4 aromatic rings. The minimum absolute atomic E-state index is 0.0466. The largest absolute Gasteiger partial charge is 0.319 e. The number of pyridine rings is 1. The first-order valence-corrected chi connectivity index (χ1v) is 9.80. The summed E-state index contributed by atoms with van der Waals surface area (Å²) >= 11 is 0. The summed E-state index contributed by atoms with van der Waals surface area (Å²) in [6.45, 7) is 5.33. The van der Waals surface area contributed by atoms with E-state index in [4.69, 9.17) is 0 Å². The SMILES string of the molecule is CN1CCN(CCc2cccc3c2c(=O)[nH]c2c4ccccc4nnc32)CC1. The maximum Gasteiger partial charge on any atom is 0.256 e. The van der Waals surface area contributed by atoms with E-state index in [0.29, 0.717) is 0 Å². The molecule has 2 aromatic heterocycles. The molecule has 142 valence electrons. The summed E-state index contributed by atoms with van der Waals surface area (Å²) in [6, 6.07) is 13.8. The van der Waals surface area contributed by atoms with Crippen molar-refractivity contribution in [2.45, 2.75) is 6.42 Å². The standard InChI is InChI=1S/C22H23N5O/c1-26-11-13-27(14-12-26)10-9-15-5-4-7-17-19(15)22(28)23-20-16-6-2-3-8-18(16)24-25-21(17)20/h2-8H,9-14H2,1H3,(H,23,28). The fraction of sp³-hybridized carbons (Fsp3) is 0.318. The molecular formula is C22H23N5O. The average Bonchev–Trinajstić information content (AvgIpc) is 2.73. The van der Waals surface area contributed by atoms with E-state index in [1.54, 1.807) is 0 Å². The van der Waals surface area contributed by atoms with Crippen molar-refractivity contribution in [2.24, 2.45) is 0 Å². The number of likely N-dealkylation sites (N-methyl/N-ethyl adjacent to an activating group) is 1. The molecule has 0 spiro atoms. The molecule has 0 atom stereocenters. The lowest BCUT2D eigenvalue weighted by Gasteiger charge is -2.32. The van der Waals surface area contributed by atoms with Crippen LogP contribution in [0.25, 0.3) is 32.7 Å². The molecule has 1 aliphatic heterocycles. The zero-order valence-corrected chi connectivity index (χ0v) is 16.0. The number of aromatic nitrogens is 3. The Bertz CT molecular complexity index is 1220. The fourth-order valence-corrected chi connectivity index (χ4v) is 4.17. The highest BCUT2D eigenvalue weighted by Gasteiger charge is 2.16. The van der Waals surface area contributed by atoms with Gasteiger partial charge in [0.15, 0.2) is 0 Å². The predicted molar refractivity (Wildman–Crippen MR) is 113 cm³/mol. The monoisotopic (exact) mass is 373 g/mol. The van der Waals surface area contributed by atoms with E-state index in [-0.39, 0.29) is 5.56 Å². The van der Waals surface area contributed by atoms with Crippen LogP contribution in [-0.2, 0) is 6.42 Å². The van der Waals surface area contributed by atoms with Crippen molar-refractivity contribution in [3.63, 3.8) is 0 Å². The van der Waals surface area contributed by atoms with Gasteiger partial charge in [0.2, 0.25) is 0 Å². The summed E-state index contributed by atoms with van der Waals surface area (Å²) < 4.78 is 0. The number of H-pyrrole nitrogens is 1. The molecule has 0 aliphatic carbocycles. The summed E-state index contributed by atoms with van der Waals surface area (Å²) in [4.78, 5) is 20.9. The van der Waals surface area contributed by atoms with Crippen LogP contribution in [0.2, 0.25) is 0 Å². The van der Waals surface area contributed by atoms with Crippen LogP contribution >= 0.6 is 0 Å². The average molecular weight is 373 g/mol. The first-order chi connectivity index (χ1) is 13.7. The van der Waals surface area contributed by atoms with Crippen molar-refractivity contribution in [1.29, 1.82) is 0 Å². The molecule has 6 heteroatoms. The van der Waals surface area contributed by atoms with Crippen molar-refractivity contribution >= 4 is 32.7 Å². The lowest BCUT2D eigenvalue weighted by atomic mass is 10.0. The Morgan fingerprint density at radius 2 is 1.75 bits per heavy atom. The zero-order chi connectivity index (χ0) is 19.1. The molecule has 1 aliphatic rings. The summed E-state index contributed by atoms with van der Waals surface area (Å²) in [7, 11) is 2.16. The summed E-state index contributed by atoms with van der Waals surface area (Å²) in [5, 5.41) is 11.4. The number of hydrogen-bond donors (Lipinski definition) is 1. The van der Waals surface area contributed by atoms with Gasteiger partial charge in [0.05, 0.1) is 16.4 Å². The lowest BCUT2D eigenvalue weighted by Crippen LogP contribution is -2.45. The van der Waals surface area contributed by atoms with Gasteiger partial charge < -0.3 is 14.8 Å². The van der Waals surface area contributed by atoms with Crippen LogP contribution in [0.4, 0.5) is 0 Å². The Morgan fingerprint density at radius 3 is 2.61 bits per heavy atom. The second-order valence-corrected chi connectivity index (χ2v) is 7.63. The third-order valence-corrected chi connectivity index (χ3v) is 5.83. The van der Waals surface area contributed by atoms with Crippen molar-refractivity contribution in [2.75, 3.05) is 39.8 Å². The second kappa shape index (κ2) is 6.96. The second-order valence-electron chi connectivity index (χ2n) is 7.63. The minimum atomic E-state index is -0.0466. The van der Waals surface area contributed by atoms with E-state index in [9.17, 15) is 4.79 Å². The van der Waals surface area contributed by atoms with Gasteiger partial charge in [0, 0.05) is 43.5 Å². The van der Waals surface area contributed by atoms with E-state index < -0.39 is 0 Å². The van der Waals surface area contributed by atoms with Crippen LogP contribution in [0.1, 0.15) is 5.56 Å². The summed E-state index contributed by atoms with van der Waals surface area (Å²) in [5.74, 6) is 0. The molecule has 1 fully saturated rings. The third-order valence-electron chi connectivity index (χ3n) is 5.83. The van der Waals surface area contributed by atoms with Crippen LogP contribution in [0, 0.1) is 0 Å². The first-order valence-electron chi connectivity index (χ1n) is 9.80. The summed E-state index contributed by atoms with van der Waals surface area (Å²) in [5.41, 5.74) is 3.34. The zero-order valence-electron chi connectivity index (χ0n) is 16.0. The number of fused-ring (bicyclic) bond motifs is 5. The Balaban J connectivity index is 1.59. The van der Waals surface area contributed by atoms with Gasteiger partial charge in [-0.3, -0.25) is 4.79 Å². The molecule has 5 rings (SSSR count). The summed E-state index contributed by atoms with van der Waals surface area (Å²) in [6.07, 6.45) is 0.858. The number of aromatic amines is 1. The maximum absolute atomic E-state index is 13.0. The minimum Gasteiger partial charge on any atom is -0.319 e. The van der Waals surface area contributed by atoms with Crippen LogP contribution in [-0.4, -0.2) is 64.8 Å². The third kappa shape index (κ3) is 2.95. The quantitative estimate of drug-likeness (QED) is 0.559. The molecule has 0 bridgehead atoms. The first kappa shape index (κ1) is 17.3. The number of nitrogens with zero attached hydrogens (tertiary/aromatic N) is 4. The Morgan fingerprint density at radius 1 is 0.964 bits per heavy atom. The van der Waals surface area contributed by atoms with Gasteiger partial charge in [0.1, 0.15) is 5.52 Å². The number of hydrogen-bond acceptors (Lipinski definition) is 5. The van der Waals surface area contributed by atoms with Gasteiger partial charge in [-0.2, -0.15) is 0 Å². The van der Waals surface area contributed by atoms with E-state index in [0.717, 1.165) is 77.4 Å². The topological polar surface area (TPSA) is 65.1 Å². The van der Waals surface area contributed by atoms with E-state index in [1.165, 1.54) is 0 Å². The van der Waals surface area contributed by atoms with E-state index >= 15 is 0 Å². The number of nitrogens with one attached hydrogen (secondary N) is 1. The molecule has 0 amide bonds. The highest BCUT2D eigenvalue weighted by Crippen LogP contribution is 2.26. The van der Waals surface area contributed by atoms with E-state index in [2.05, 4.69) is 38.1 Å². The molecule has 0 radical (unpaired) electrons. The highest BCUT2D eigenvalue weighted by molar-refractivity contribution is 6.12. The normalized spacial score (nSPS) is 16.3. The van der Waals surface area contributed by atoms with Crippen LogP contribution in [0.5, 0.6) is 0 Å². The lowest BCUT2D eigenvalue weighted by molar-refractivity contribution is 0.155. The van der Waals surface area contributed by atoms with Crippen molar-refractivity contribution in [3.8, 4) is 0 Å². The molecule has 1 saturated heterocycles. The van der Waals surface area contributed by atoms with Gasteiger partial charge >= 0.3 is 0 Å². The fourth-order valence-electron chi connectivity index (χ4n) is 4.17. The number of rotatable bonds is 3. The molecule has 0 unspecified atom stereocenters. The Hall–Kier alpha value is -2.83. The predicted octanol–water partition coefficient (Wildman–Crippen LogP) is 2.41.